The molecule has 1 N–H and O–H groups in total. The molecule has 0 bridgehead atoms. The lowest BCUT2D eigenvalue weighted by Crippen LogP contribution is -2.28. The van der Waals surface area contributed by atoms with E-state index in [1.807, 2.05) is 26.4 Å². The smallest absolute Gasteiger partial charge is 0.0795 e. The Bertz CT molecular complexity index is 254. The zero-order chi connectivity index (χ0) is 10.6. The number of rotatable bonds is 5. The van der Waals surface area contributed by atoms with Crippen LogP contribution in [0.4, 0.5) is 0 Å². The van der Waals surface area contributed by atoms with E-state index in [0.717, 1.165) is 25.2 Å². The molecule has 0 aliphatic carbocycles. The maximum atomic E-state index is 9.55. The van der Waals surface area contributed by atoms with Gasteiger partial charge in [-0.2, -0.15) is 0 Å². The van der Waals surface area contributed by atoms with E-state index in [9.17, 15) is 5.11 Å². The van der Waals surface area contributed by atoms with Crippen molar-refractivity contribution in [2.45, 2.75) is 32.4 Å². The van der Waals surface area contributed by atoms with Gasteiger partial charge in [0.25, 0.3) is 0 Å². The van der Waals surface area contributed by atoms with Crippen LogP contribution in [0.15, 0.2) is 10.9 Å². The van der Waals surface area contributed by atoms with Crippen LogP contribution in [0.3, 0.4) is 0 Å². The Morgan fingerprint density at radius 1 is 1.57 bits per heavy atom. The van der Waals surface area contributed by atoms with Crippen LogP contribution < -0.4 is 0 Å². The predicted molar refractivity (Wildman–Crippen MR) is 59.4 cm³/mol. The topological polar surface area (TPSA) is 36.4 Å². The molecule has 0 atom stereocenters. The summed E-state index contributed by atoms with van der Waals surface area (Å²) in [5.41, 5.74) is 2.38. The van der Waals surface area contributed by atoms with Gasteiger partial charge in [-0.15, -0.1) is 11.3 Å². The van der Waals surface area contributed by atoms with Gasteiger partial charge in [0.05, 0.1) is 16.8 Å². The molecule has 0 saturated heterocycles. The van der Waals surface area contributed by atoms with E-state index in [2.05, 4.69) is 15.3 Å². The second kappa shape index (κ2) is 4.87. The monoisotopic (exact) mass is 214 g/mol. The lowest BCUT2D eigenvalue weighted by Gasteiger charge is -2.21. The maximum absolute atomic E-state index is 9.55. The van der Waals surface area contributed by atoms with Gasteiger partial charge in [-0.25, -0.2) is 4.98 Å². The quantitative estimate of drug-likeness (QED) is 0.811. The Balaban J connectivity index is 2.26. The first-order valence-electron chi connectivity index (χ1n) is 4.75. The molecule has 4 heteroatoms. The van der Waals surface area contributed by atoms with Gasteiger partial charge in [-0.3, -0.25) is 0 Å². The molecule has 1 rings (SSSR count). The molecule has 1 heterocycles. The number of nitrogens with zero attached hydrogens (tertiary/aromatic N) is 2. The fourth-order valence-corrected chi connectivity index (χ4v) is 1.69. The van der Waals surface area contributed by atoms with E-state index < -0.39 is 5.60 Å². The fourth-order valence-electron chi connectivity index (χ4n) is 1.14. The van der Waals surface area contributed by atoms with Crippen molar-refractivity contribution >= 4 is 11.3 Å². The SMILES string of the molecule is CN(CCC(C)(C)O)Cc1cscn1. The van der Waals surface area contributed by atoms with Gasteiger partial charge >= 0.3 is 0 Å². The van der Waals surface area contributed by atoms with Crippen LogP contribution in [-0.2, 0) is 6.54 Å². The molecule has 0 aliphatic rings. The third-order valence-electron chi connectivity index (χ3n) is 2.02. The van der Waals surface area contributed by atoms with E-state index in [0.29, 0.717) is 0 Å². The van der Waals surface area contributed by atoms with E-state index >= 15 is 0 Å². The fraction of sp³-hybridized carbons (Fsp3) is 0.700. The van der Waals surface area contributed by atoms with Gasteiger partial charge < -0.3 is 10.0 Å². The summed E-state index contributed by atoms with van der Waals surface area (Å²) in [4.78, 5) is 6.39. The van der Waals surface area contributed by atoms with E-state index in [-0.39, 0.29) is 0 Å². The van der Waals surface area contributed by atoms with Crippen LogP contribution in [0.5, 0.6) is 0 Å². The minimum atomic E-state index is -0.573. The van der Waals surface area contributed by atoms with Gasteiger partial charge in [0.2, 0.25) is 0 Å². The first-order chi connectivity index (χ1) is 6.47. The normalized spacial score (nSPS) is 12.4. The lowest BCUT2D eigenvalue weighted by molar-refractivity contribution is 0.0598. The first-order valence-corrected chi connectivity index (χ1v) is 5.70. The molecule has 80 valence electrons. The minimum absolute atomic E-state index is 0.573. The molecule has 0 radical (unpaired) electrons. The molecule has 14 heavy (non-hydrogen) atoms. The molecule has 0 aromatic carbocycles. The summed E-state index contributed by atoms with van der Waals surface area (Å²) in [5.74, 6) is 0. The predicted octanol–water partition coefficient (Wildman–Crippen LogP) is 1.74. The van der Waals surface area contributed by atoms with Crippen molar-refractivity contribution in [3.8, 4) is 0 Å². The summed E-state index contributed by atoms with van der Waals surface area (Å²) in [6.07, 6.45) is 0.785. The molecule has 0 amide bonds. The second-order valence-corrected chi connectivity index (χ2v) is 5.00. The van der Waals surface area contributed by atoms with Crippen molar-refractivity contribution in [3.63, 3.8) is 0 Å². The minimum Gasteiger partial charge on any atom is -0.390 e. The number of hydrogen-bond acceptors (Lipinski definition) is 4. The molecule has 0 unspecified atom stereocenters. The Hall–Kier alpha value is -0.450. The average molecular weight is 214 g/mol. The maximum Gasteiger partial charge on any atom is 0.0795 e. The van der Waals surface area contributed by atoms with Gasteiger partial charge in [0.1, 0.15) is 0 Å². The molecular formula is C10H18N2OS. The third kappa shape index (κ3) is 4.69. The van der Waals surface area contributed by atoms with E-state index in [1.54, 1.807) is 11.3 Å². The van der Waals surface area contributed by atoms with Crippen molar-refractivity contribution in [1.82, 2.24) is 9.88 Å². The lowest BCUT2D eigenvalue weighted by atomic mass is 10.1. The van der Waals surface area contributed by atoms with Crippen LogP contribution in [0, 0.1) is 0 Å². The second-order valence-electron chi connectivity index (χ2n) is 4.28. The highest BCUT2D eigenvalue weighted by molar-refractivity contribution is 7.07. The molecule has 0 aliphatic heterocycles. The molecule has 1 aromatic heterocycles. The summed E-state index contributed by atoms with van der Waals surface area (Å²) in [7, 11) is 2.05. The highest BCUT2D eigenvalue weighted by Crippen LogP contribution is 2.09. The van der Waals surface area contributed by atoms with E-state index in [4.69, 9.17) is 0 Å². The standard InChI is InChI=1S/C10H18N2OS/c1-10(2,13)4-5-12(3)6-9-7-14-8-11-9/h7-8,13H,4-6H2,1-3H3. The molecule has 1 aromatic rings. The number of hydrogen-bond donors (Lipinski definition) is 1. The molecule has 0 fully saturated rings. The summed E-state index contributed by atoms with van der Waals surface area (Å²) in [6.45, 7) is 5.42. The number of aliphatic hydroxyl groups is 1. The summed E-state index contributed by atoms with van der Waals surface area (Å²) >= 11 is 1.62. The highest BCUT2D eigenvalue weighted by atomic mass is 32.1. The van der Waals surface area contributed by atoms with Gasteiger partial charge in [-0.05, 0) is 27.3 Å². The average Bonchev–Trinajstić information content (AvgIpc) is 2.52. The van der Waals surface area contributed by atoms with Gasteiger partial charge in [0.15, 0.2) is 0 Å². The molecule has 0 spiro atoms. The van der Waals surface area contributed by atoms with Crippen molar-refractivity contribution in [3.05, 3.63) is 16.6 Å². The van der Waals surface area contributed by atoms with Crippen LogP contribution >= 0.6 is 11.3 Å². The van der Waals surface area contributed by atoms with Crippen LogP contribution in [0.25, 0.3) is 0 Å². The molecule has 3 nitrogen and oxygen atoms in total. The first kappa shape index (κ1) is 11.6. The Labute approximate surface area is 89.4 Å². The summed E-state index contributed by atoms with van der Waals surface area (Å²) in [5, 5.41) is 11.6. The van der Waals surface area contributed by atoms with Crippen LogP contribution in [-0.4, -0.2) is 34.2 Å². The summed E-state index contributed by atoms with van der Waals surface area (Å²) < 4.78 is 0. The Morgan fingerprint density at radius 2 is 2.29 bits per heavy atom. The van der Waals surface area contributed by atoms with Crippen molar-refractivity contribution < 1.29 is 5.11 Å². The highest BCUT2D eigenvalue weighted by Gasteiger charge is 2.13. The largest absolute Gasteiger partial charge is 0.390 e. The Kier molecular flexibility index (Phi) is 4.04. The zero-order valence-corrected chi connectivity index (χ0v) is 9.84. The van der Waals surface area contributed by atoms with Crippen molar-refractivity contribution in [2.24, 2.45) is 0 Å². The van der Waals surface area contributed by atoms with Crippen molar-refractivity contribution in [1.29, 1.82) is 0 Å². The summed E-state index contributed by atoms with van der Waals surface area (Å²) in [6, 6.07) is 0. The zero-order valence-electron chi connectivity index (χ0n) is 9.03. The van der Waals surface area contributed by atoms with E-state index in [1.165, 1.54) is 0 Å². The molecular weight excluding hydrogens is 196 g/mol. The van der Waals surface area contributed by atoms with Gasteiger partial charge in [-0.1, -0.05) is 0 Å². The number of aromatic nitrogens is 1. The van der Waals surface area contributed by atoms with Crippen LogP contribution in [0.1, 0.15) is 26.0 Å². The van der Waals surface area contributed by atoms with Crippen LogP contribution in [0.2, 0.25) is 0 Å². The molecule has 0 saturated carbocycles. The third-order valence-corrected chi connectivity index (χ3v) is 2.66. The number of thiazole rings is 1. The van der Waals surface area contributed by atoms with Crippen molar-refractivity contribution in [2.75, 3.05) is 13.6 Å². The Morgan fingerprint density at radius 3 is 2.79 bits per heavy atom. The van der Waals surface area contributed by atoms with Gasteiger partial charge in [0, 0.05) is 18.5 Å².